The van der Waals surface area contributed by atoms with Gasteiger partial charge >= 0.3 is 0 Å². The highest BCUT2D eigenvalue weighted by molar-refractivity contribution is 7.86. The number of nitrogens with zero attached hydrogens (tertiary/aromatic N) is 1. The predicted molar refractivity (Wildman–Crippen MR) is 100 cm³/mol. The van der Waals surface area contributed by atoms with Crippen molar-refractivity contribution in [1.82, 2.24) is 0 Å². The first-order chi connectivity index (χ1) is 14.6. The summed E-state index contributed by atoms with van der Waals surface area (Å²) in [5.41, 5.74) is -0.264. The second-order valence-corrected chi connectivity index (χ2v) is 9.27. The minimum atomic E-state index is -4.61. The van der Waals surface area contributed by atoms with E-state index >= 15 is 4.39 Å². The molecule has 1 N–H and O–H groups in total. The molecule has 0 saturated heterocycles. The zero-order valence-corrected chi connectivity index (χ0v) is 17.0. The van der Waals surface area contributed by atoms with Gasteiger partial charge in [0.2, 0.25) is 0 Å². The van der Waals surface area contributed by atoms with Crippen LogP contribution in [0.2, 0.25) is 0 Å². The first-order valence-corrected chi connectivity index (χ1v) is 10.9. The normalized spacial score (nSPS) is 25.1. The number of hydrogen-bond donors (Lipinski definition) is 1. The van der Waals surface area contributed by atoms with Crippen molar-refractivity contribution in [3.63, 3.8) is 0 Å². The number of fused-ring (bicyclic) bond motifs is 2. The number of aliphatic hydroxyl groups excluding tert-OH is 1. The average molecular weight is 455 g/mol. The van der Waals surface area contributed by atoms with E-state index in [2.05, 4.69) is 4.18 Å². The average Bonchev–Trinajstić information content (AvgIpc) is 3.02. The van der Waals surface area contributed by atoms with Gasteiger partial charge in [0, 0.05) is 17.9 Å². The fourth-order valence-electron chi connectivity index (χ4n) is 4.69. The molecule has 2 aliphatic carbocycles. The molecule has 0 bridgehead atoms. The van der Waals surface area contributed by atoms with E-state index in [1.807, 2.05) is 6.07 Å². The van der Waals surface area contributed by atoms with E-state index in [4.69, 9.17) is 0 Å². The number of aliphatic hydroxyl groups is 1. The predicted octanol–water partition coefficient (Wildman–Crippen LogP) is 4.04. The molecule has 2 aromatic rings. The Hall–Kier alpha value is -2.48. The van der Waals surface area contributed by atoms with E-state index in [9.17, 15) is 32.0 Å². The lowest BCUT2D eigenvalue weighted by Gasteiger charge is -2.31. The Morgan fingerprint density at radius 2 is 1.84 bits per heavy atom. The molecule has 5 nitrogen and oxygen atoms in total. The number of alkyl halides is 2. The third-order valence-corrected chi connectivity index (χ3v) is 7.35. The van der Waals surface area contributed by atoms with E-state index in [0.29, 0.717) is 0 Å². The van der Waals surface area contributed by atoms with Crippen LogP contribution in [0, 0.1) is 23.0 Å². The standard InChI is InChI=1S/C21H17F4NO4S/c1-30-31(28,29)21-17(25)6-12(13-7-16(24)20(27)19(13)21)11-2-3-15(23)14-5-10(22)4-9(8-26)18(11)14/h4-6,11,15-16,20,27H,2-3,7H2,1H3/t11-,15+,16-,20-/m1/s1. The highest BCUT2D eigenvalue weighted by Crippen LogP contribution is 2.50. The number of rotatable bonds is 3. The highest BCUT2D eigenvalue weighted by Gasteiger charge is 2.43. The molecule has 2 aliphatic rings. The smallest absolute Gasteiger partial charge is 0.300 e. The van der Waals surface area contributed by atoms with Gasteiger partial charge in [0.15, 0.2) is 0 Å². The third kappa shape index (κ3) is 3.32. The molecule has 0 aliphatic heterocycles. The monoisotopic (exact) mass is 455 g/mol. The highest BCUT2D eigenvalue weighted by atomic mass is 32.2. The van der Waals surface area contributed by atoms with E-state index in [-0.39, 0.29) is 40.7 Å². The molecule has 0 amide bonds. The number of hydrogen-bond acceptors (Lipinski definition) is 5. The Kier molecular flexibility index (Phi) is 5.32. The first kappa shape index (κ1) is 21.7. The summed E-state index contributed by atoms with van der Waals surface area (Å²) in [4.78, 5) is -0.944. The van der Waals surface area contributed by atoms with Crippen LogP contribution < -0.4 is 0 Å². The maximum atomic E-state index is 15.1. The van der Waals surface area contributed by atoms with Gasteiger partial charge in [0.1, 0.15) is 35.0 Å². The van der Waals surface area contributed by atoms with Gasteiger partial charge in [0.25, 0.3) is 10.1 Å². The van der Waals surface area contributed by atoms with Gasteiger partial charge in [-0.3, -0.25) is 4.18 Å². The van der Waals surface area contributed by atoms with Crippen LogP contribution in [0.25, 0.3) is 0 Å². The van der Waals surface area contributed by atoms with E-state index < -0.39 is 63.0 Å². The number of benzene rings is 2. The molecular weight excluding hydrogens is 438 g/mol. The van der Waals surface area contributed by atoms with E-state index in [1.54, 1.807) is 0 Å². The van der Waals surface area contributed by atoms with Crippen LogP contribution in [0.1, 0.15) is 64.4 Å². The van der Waals surface area contributed by atoms with Crippen molar-refractivity contribution in [3.8, 4) is 6.07 Å². The molecule has 4 atom stereocenters. The van der Waals surface area contributed by atoms with Gasteiger partial charge in [-0.2, -0.15) is 13.7 Å². The molecule has 4 rings (SSSR count). The van der Waals surface area contributed by atoms with Crippen molar-refractivity contribution >= 4 is 10.1 Å². The van der Waals surface area contributed by atoms with Crippen molar-refractivity contribution in [1.29, 1.82) is 5.26 Å². The van der Waals surface area contributed by atoms with Crippen LogP contribution in [-0.4, -0.2) is 26.8 Å². The van der Waals surface area contributed by atoms with Gasteiger partial charge in [-0.25, -0.2) is 17.6 Å². The van der Waals surface area contributed by atoms with Crippen LogP contribution in [0.15, 0.2) is 23.1 Å². The summed E-state index contributed by atoms with van der Waals surface area (Å²) >= 11 is 0. The maximum Gasteiger partial charge on any atom is 0.300 e. The molecule has 0 aromatic heterocycles. The van der Waals surface area contributed by atoms with E-state index in [1.165, 1.54) is 0 Å². The molecule has 0 fully saturated rings. The fourth-order valence-corrected chi connectivity index (χ4v) is 5.67. The summed E-state index contributed by atoms with van der Waals surface area (Å²) < 4.78 is 86.9. The van der Waals surface area contributed by atoms with Crippen LogP contribution in [-0.2, 0) is 20.7 Å². The quantitative estimate of drug-likeness (QED) is 0.558. The Morgan fingerprint density at radius 3 is 2.48 bits per heavy atom. The lowest BCUT2D eigenvalue weighted by Crippen LogP contribution is -2.19. The number of halogens is 4. The SMILES string of the molecule is COS(=O)(=O)c1c(F)cc([C@H]2CC[C@H](F)c3cc(F)cc(C#N)c32)c2c1[C@H](O)[C@H](F)C2. The second-order valence-electron chi connectivity index (χ2n) is 7.62. The maximum absolute atomic E-state index is 15.1. The molecule has 10 heteroatoms. The van der Waals surface area contributed by atoms with Gasteiger partial charge in [-0.15, -0.1) is 0 Å². The molecule has 0 heterocycles. The van der Waals surface area contributed by atoms with E-state index in [0.717, 1.165) is 25.3 Å². The summed E-state index contributed by atoms with van der Waals surface area (Å²) in [7, 11) is -3.79. The minimum absolute atomic E-state index is 0.0501. The summed E-state index contributed by atoms with van der Waals surface area (Å²) in [5, 5.41) is 19.8. The van der Waals surface area contributed by atoms with Crippen molar-refractivity contribution in [2.24, 2.45) is 0 Å². The Balaban J connectivity index is 2.02. The zero-order chi connectivity index (χ0) is 22.7. The van der Waals surface area contributed by atoms with Gasteiger partial charge in [-0.05, 0) is 53.3 Å². The minimum Gasteiger partial charge on any atom is -0.385 e. The Bertz CT molecular complexity index is 1230. The van der Waals surface area contributed by atoms with Crippen molar-refractivity contribution in [2.45, 2.75) is 48.5 Å². The molecule has 0 radical (unpaired) electrons. The second kappa shape index (κ2) is 7.58. The van der Waals surface area contributed by atoms with Crippen LogP contribution in [0.3, 0.4) is 0 Å². The van der Waals surface area contributed by atoms with Gasteiger partial charge < -0.3 is 5.11 Å². The molecule has 0 saturated carbocycles. The first-order valence-electron chi connectivity index (χ1n) is 9.46. The molecule has 0 spiro atoms. The fraction of sp³-hybridized carbons (Fsp3) is 0.381. The molecule has 2 aromatic carbocycles. The summed E-state index contributed by atoms with van der Waals surface area (Å²) in [6.07, 6.45) is -5.68. The van der Waals surface area contributed by atoms with Crippen molar-refractivity contribution in [2.75, 3.05) is 7.11 Å². The van der Waals surface area contributed by atoms with Crippen molar-refractivity contribution < 1.29 is 35.3 Å². The van der Waals surface area contributed by atoms with Crippen LogP contribution in [0.4, 0.5) is 17.6 Å². The number of nitriles is 1. The van der Waals surface area contributed by atoms with Crippen LogP contribution in [0.5, 0.6) is 0 Å². The zero-order valence-electron chi connectivity index (χ0n) is 16.2. The largest absolute Gasteiger partial charge is 0.385 e. The van der Waals surface area contributed by atoms with Crippen LogP contribution >= 0.6 is 0 Å². The van der Waals surface area contributed by atoms with Gasteiger partial charge in [0.05, 0.1) is 18.7 Å². The summed E-state index contributed by atoms with van der Waals surface area (Å²) in [5.74, 6) is -2.86. The Morgan fingerprint density at radius 1 is 1.13 bits per heavy atom. The molecule has 31 heavy (non-hydrogen) atoms. The molecular formula is C21H17F4NO4S. The lowest BCUT2D eigenvalue weighted by molar-refractivity contribution is 0.0901. The summed E-state index contributed by atoms with van der Waals surface area (Å²) in [6, 6.07) is 4.63. The Labute approximate surface area is 176 Å². The summed E-state index contributed by atoms with van der Waals surface area (Å²) in [6.45, 7) is 0. The topological polar surface area (TPSA) is 87.4 Å². The molecule has 164 valence electrons. The lowest BCUT2D eigenvalue weighted by atomic mass is 9.74. The van der Waals surface area contributed by atoms with Crippen molar-refractivity contribution in [3.05, 3.63) is 63.2 Å². The molecule has 0 unspecified atom stereocenters. The van der Waals surface area contributed by atoms with Gasteiger partial charge in [-0.1, -0.05) is 0 Å². The third-order valence-electron chi connectivity index (χ3n) is 5.99.